The van der Waals surface area contributed by atoms with E-state index in [0.717, 1.165) is 37.3 Å². The van der Waals surface area contributed by atoms with Crippen LogP contribution in [0.25, 0.3) is 0 Å². The first kappa shape index (κ1) is 15.9. The van der Waals surface area contributed by atoms with Crippen molar-refractivity contribution in [2.24, 2.45) is 0 Å². The molecule has 0 saturated heterocycles. The maximum atomic E-state index is 13.2. The van der Waals surface area contributed by atoms with Crippen LogP contribution >= 0.6 is 0 Å². The lowest BCUT2D eigenvalue weighted by molar-refractivity contribution is 0.100. The third-order valence-corrected chi connectivity index (χ3v) is 2.60. The summed E-state index contributed by atoms with van der Waals surface area (Å²) >= 11 is 0. The van der Waals surface area contributed by atoms with Crippen LogP contribution in [-0.4, -0.2) is 26.4 Å². The van der Waals surface area contributed by atoms with E-state index in [1.165, 1.54) is 12.1 Å². The largest absolute Gasteiger partial charge is 0.491 e. The summed E-state index contributed by atoms with van der Waals surface area (Å²) in [7, 11) is 0. The molecule has 1 aromatic carbocycles. The molecule has 1 N–H and O–H groups in total. The summed E-state index contributed by atoms with van der Waals surface area (Å²) in [6.07, 6.45) is 2.05. The van der Waals surface area contributed by atoms with Gasteiger partial charge in [0.25, 0.3) is 0 Å². The molecule has 0 unspecified atom stereocenters. The van der Waals surface area contributed by atoms with Gasteiger partial charge < -0.3 is 14.8 Å². The van der Waals surface area contributed by atoms with Gasteiger partial charge in [0.2, 0.25) is 0 Å². The predicted molar refractivity (Wildman–Crippen MR) is 75.0 cm³/mol. The maximum absolute atomic E-state index is 13.2. The first-order chi connectivity index (χ1) is 9.27. The zero-order valence-electron chi connectivity index (χ0n) is 11.9. The number of nitrogens with one attached hydrogen (secondary N) is 1. The average molecular weight is 269 g/mol. The fourth-order valence-corrected chi connectivity index (χ4v) is 1.68. The number of hydrogen-bond donors (Lipinski definition) is 1. The SMILES string of the molecule is CCCNCc1cc(F)ccc1OCCOCCC. The molecular weight excluding hydrogens is 245 g/mol. The van der Waals surface area contributed by atoms with E-state index in [0.29, 0.717) is 19.8 Å². The van der Waals surface area contributed by atoms with Gasteiger partial charge in [-0.3, -0.25) is 0 Å². The number of rotatable bonds is 10. The van der Waals surface area contributed by atoms with E-state index in [-0.39, 0.29) is 5.82 Å². The molecule has 0 heterocycles. The van der Waals surface area contributed by atoms with Gasteiger partial charge in [-0.15, -0.1) is 0 Å². The molecule has 0 aromatic heterocycles. The van der Waals surface area contributed by atoms with Gasteiger partial charge in [0.15, 0.2) is 0 Å². The minimum Gasteiger partial charge on any atom is -0.491 e. The van der Waals surface area contributed by atoms with Gasteiger partial charge in [-0.25, -0.2) is 4.39 Å². The highest BCUT2D eigenvalue weighted by atomic mass is 19.1. The molecule has 19 heavy (non-hydrogen) atoms. The Morgan fingerprint density at radius 2 is 1.95 bits per heavy atom. The Kier molecular flexibility index (Phi) is 8.18. The second kappa shape index (κ2) is 9.75. The third kappa shape index (κ3) is 6.55. The number of halogens is 1. The molecule has 4 heteroatoms. The van der Waals surface area contributed by atoms with Crippen molar-refractivity contribution in [3.63, 3.8) is 0 Å². The lowest BCUT2D eigenvalue weighted by Gasteiger charge is -2.12. The van der Waals surface area contributed by atoms with Crippen molar-refractivity contribution < 1.29 is 13.9 Å². The quantitative estimate of drug-likeness (QED) is 0.662. The molecule has 0 fully saturated rings. The summed E-state index contributed by atoms with van der Waals surface area (Å²) in [5.41, 5.74) is 0.851. The molecule has 108 valence electrons. The van der Waals surface area contributed by atoms with E-state index < -0.39 is 0 Å². The Morgan fingerprint density at radius 3 is 2.68 bits per heavy atom. The van der Waals surface area contributed by atoms with Crippen LogP contribution in [0.4, 0.5) is 4.39 Å². The minimum atomic E-state index is -0.233. The normalized spacial score (nSPS) is 10.7. The fraction of sp³-hybridized carbons (Fsp3) is 0.600. The molecule has 0 atom stereocenters. The molecule has 0 aliphatic rings. The highest BCUT2D eigenvalue weighted by Crippen LogP contribution is 2.19. The predicted octanol–water partition coefficient (Wildman–Crippen LogP) is 3.13. The minimum absolute atomic E-state index is 0.233. The van der Waals surface area contributed by atoms with Crippen LogP contribution in [0.2, 0.25) is 0 Å². The Hall–Kier alpha value is -1.13. The molecule has 1 aromatic rings. The van der Waals surface area contributed by atoms with Crippen LogP contribution in [0.5, 0.6) is 5.75 Å². The van der Waals surface area contributed by atoms with Gasteiger partial charge in [-0.05, 0) is 37.6 Å². The Labute approximate surface area is 115 Å². The lowest BCUT2D eigenvalue weighted by atomic mass is 10.2. The van der Waals surface area contributed by atoms with Crippen LogP contribution in [0.15, 0.2) is 18.2 Å². The number of hydrogen-bond acceptors (Lipinski definition) is 3. The van der Waals surface area contributed by atoms with Crippen LogP contribution in [0, 0.1) is 5.82 Å². The van der Waals surface area contributed by atoms with Gasteiger partial charge in [0.1, 0.15) is 18.2 Å². The van der Waals surface area contributed by atoms with Gasteiger partial charge in [0.05, 0.1) is 6.61 Å². The van der Waals surface area contributed by atoms with E-state index in [4.69, 9.17) is 9.47 Å². The van der Waals surface area contributed by atoms with Crippen molar-refractivity contribution in [2.75, 3.05) is 26.4 Å². The summed E-state index contributed by atoms with van der Waals surface area (Å²) in [5, 5.41) is 3.25. The van der Waals surface area contributed by atoms with E-state index in [1.807, 2.05) is 0 Å². The summed E-state index contributed by atoms with van der Waals surface area (Å²) in [6.45, 7) is 7.50. The smallest absolute Gasteiger partial charge is 0.124 e. The van der Waals surface area contributed by atoms with Crippen LogP contribution in [-0.2, 0) is 11.3 Å². The van der Waals surface area contributed by atoms with Crippen molar-refractivity contribution in [2.45, 2.75) is 33.2 Å². The topological polar surface area (TPSA) is 30.5 Å². The number of benzene rings is 1. The van der Waals surface area contributed by atoms with Gasteiger partial charge in [-0.2, -0.15) is 0 Å². The third-order valence-electron chi connectivity index (χ3n) is 2.60. The Morgan fingerprint density at radius 1 is 1.11 bits per heavy atom. The molecule has 0 saturated carbocycles. The fourth-order valence-electron chi connectivity index (χ4n) is 1.68. The van der Waals surface area contributed by atoms with E-state index in [9.17, 15) is 4.39 Å². The molecule has 0 aliphatic carbocycles. The summed E-state index contributed by atoms with van der Waals surface area (Å²) in [4.78, 5) is 0. The molecular formula is C15H24FNO2. The standard InChI is InChI=1S/C15H24FNO2/c1-3-7-17-12-13-11-14(16)5-6-15(13)19-10-9-18-8-4-2/h5-6,11,17H,3-4,7-10,12H2,1-2H3. The van der Waals surface area contributed by atoms with Crippen LogP contribution < -0.4 is 10.1 Å². The zero-order chi connectivity index (χ0) is 13.9. The maximum Gasteiger partial charge on any atom is 0.124 e. The molecule has 0 spiro atoms. The first-order valence-electron chi connectivity index (χ1n) is 6.97. The first-order valence-corrected chi connectivity index (χ1v) is 6.97. The Balaban J connectivity index is 2.45. The summed E-state index contributed by atoms with van der Waals surface area (Å²) < 4.78 is 24.2. The molecule has 0 aliphatic heterocycles. The van der Waals surface area contributed by atoms with Crippen molar-refractivity contribution in [1.82, 2.24) is 5.32 Å². The second-order valence-corrected chi connectivity index (χ2v) is 4.39. The van der Waals surface area contributed by atoms with E-state index >= 15 is 0 Å². The lowest BCUT2D eigenvalue weighted by Crippen LogP contribution is -2.15. The Bertz CT molecular complexity index is 358. The van der Waals surface area contributed by atoms with Gasteiger partial charge >= 0.3 is 0 Å². The second-order valence-electron chi connectivity index (χ2n) is 4.39. The monoisotopic (exact) mass is 269 g/mol. The molecule has 0 bridgehead atoms. The van der Waals surface area contributed by atoms with Crippen LogP contribution in [0.3, 0.4) is 0 Å². The summed E-state index contributed by atoms with van der Waals surface area (Å²) in [6, 6.07) is 4.62. The molecule has 3 nitrogen and oxygen atoms in total. The molecule has 0 amide bonds. The number of ether oxygens (including phenoxy) is 2. The van der Waals surface area contributed by atoms with E-state index in [2.05, 4.69) is 19.2 Å². The molecule has 1 rings (SSSR count). The van der Waals surface area contributed by atoms with Crippen molar-refractivity contribution in [3.8, 4) is 5.75 Å². The van der Waals surface area contributed by atoms with Gasteiger partial charge in [0, 0.05) is 18.7 Å². The zero-order valence-corrected chi connectivity index (χ0v) is 11.9. The highest BCUT2D eigenvalue weighted by molar-refractivity contribution is 5.33. The van der Waals surface area contributed by atoms with Crippen molar-refractivity contribution >= 4 is 0 Å². The molecule has 0 radical (unpaired) electrons. The van der Waals surface area contributed by atoms with Crippen molar-refractivity contribution in [1.29, 1.82) is 0 Å². The van der Waals surface area contributed by atoms with Crippen LogP contribution in [0.1, 0.15) is 32.3 Å². The average Bonchev–Trinajstić information content (AvgIpc) is 2.41. The highest BCUT2D eigenvalue weighted by Gasteiger charge is 2.05. The summed E-state index contributed by atoms with van der Waals surface area (Å²) in [5.74, 6) is 0.494. The van der Waals surface area contributed by atoms with E-state index in [1.54, 1.807) is 6.07 Å². The van der Waals surface area contributed by atoms with Gasteiger partial charge in [-0.1, -0.05) is 13.8 Å². The van der Waals surface area contributed by atoms with Crippen molar-refractivity contribution in [3.05, 3.63) is 29.6 Å².